The van der Waals surface area contributed by atoms with E-state index in [1.165, 1.54) is 43.5 Å². The lowest BCUT2D eigenvalue weighted by molar-refractivity contribution is 0.144. The van der Waals surface area contributed by atoms with Crippen molar-refractivity contribution in [3.63, 3.8) is 0 Å². The number of benzene rings is 1. The first-order chi connectivity index (χ1) is 9.61. The molecule has 20 heavy (non-hydrogen) atoms. The number of alkyl halides is 1. The van der Waals surface area contributed by atoms with Crippen molar-refractivity contribution in [2.45, 2.75) is 44.0 Å². The van der Waals surface area contributed by atoms with Crippen LogP contribution in [0.3, 0.4) is 0 Å². The van der Waals surface area contributed by atoms with Crippen LogP contribution in [0.25, 0.3) is 0 Å². The Kier molecular flexibility index (Phi) is 5.74. The van der Waals surface area contributed by atoms with Crippen LogP contribution in [0, 0.1) is 0 Å². The Hall–Kier alpha value is -0.730. The second-order valence-corrected chi connectivity index (χ2v) is 6.53. The maximum absolute atomic E-state index is 6.64. The summed E-state index contributed by atoms with van der Waals surface area (Å²) in [4.78, 5) is 4.70. The topological polar surface area (TPSA) is 6.48 Å². The standard InChI is InChI=1S/C17H27ClN2/c1-4-15-7-5-6-12-20(15)13-17(18)14-8-10-16(11-9-14)19(2)3/h8-11,15,17H,4-7,12-13H2,1-3H3. The van der Waals surface area contributed by atoms with E-state index in [1.54, 1.807) is 0 Å². The van der Waals surface area contributed by atoms with Gasteiger partial charge >= 0.3 is 0 Å². The molecule has 1 fully saturated rings. The minimum absolute atomic E-state index is 0.0957. The van der Waals surface area contributed by atoms with Gasteiger partial charge in [-0.15, -0.1) is 11.6 Å². The number of rotatable bonds is 5. The molecule has 1 saturated heterocycles. The van der Waals surface area contributed by atoms with Gasteiger partial charge in [-0.2, -0.15) is 0 Å². The van der Waals surface area contributed by atoms with Crippen molar-refractivity contribution < 1.29 is 0 Å². The highest BCUT2D eigenvalue weighted by Crippen LogP contribution is 2.28. The number of hydrogen-bond acceptors (Lipinski definition) is 2. The Morgan fingerprint density at radius 2 is 1.95 bits per heavy atom. The van der Waals surface area contributed by atoms with E-state index in [-0.39, 0.29) is 5.38 Å². The predicted molar refractivity (Wildman–Crippen MR) is 88.9 cm³/mol. The fraction of sp³-hybridized carbons (Fsp3) is 0.647. The van der Waals surface area contributed by atoms with Gasteiger partial charge in [0.05, 0.1) is 5.38 Å². The van der Waals surface area contributed by atoms with Crippen molar-refractivity contribution >= 4 is 17.3 Å². The summed E-state index contributed by atoms with van der Waals surface area (Å²) in [7, 11) is 4.12. The molecule has 3 heteroatoms. The molecular formula is C17H27ClN2. The van der Waals surface area contributed by atoms with Gasteiger partial charge in [0.25, 0.3) is 0 Å². The third kappa shape index (κ3) is 3.89. The van der Waals surface area contributed by atoms with Gasteiger partial charge in [0.15, 0.2) is 0 Å². The van der Waals surface area contributed by atoms with Crippen LogP contribution in [0.2, 0.25) is 0 Å². The lowest BCUT2D eigenvalue weighted by Crippen LogP contribution is -2.40. The first-order valence-corrected chi connectivity index (χ1v) is 8.21. The molecule has 2 unspecified atom stereocenters. The highest BCUT2D eigenvalue weighted by atomic mass is 35.5. The van der Waals surface area contributed by atoms with E-state index < -0.39 is 0 Å². The Bertz CT molecular complexity index is 402. The lowest BCUT2D eigenvalue weighted by atomic mass is 9.99. The largest absolute Gasteiger partial charge is 0.378 e. The fourth-order valence-corrected chi connectivity index (χ4v) is 3.38. The van der Waals surface area contributed by atoms with E-state index in [0.29, 0.717) is 0 Å². The molecule has 1 aliphatic rings. The number of halogens is 1. The number of nitrogens with zero attached hydrogens (tertiary/aromatic N) is 2. The maximum atomic E-state index is 6.64. The Morgan fingerprint density at radius 3 is 2.55 bits per heavy atom. The number of anilines is 1. The summed E-state index contributed by atoms with van der Waals surface area (Å²) >= 11 is 6.64. The van der Waals surface area contributed by atoms with Gasteiger partial charge in [0.1, 0.15) is 0 Å². The Balaban J connectivity index is 1.98. The van der Waals surface area contributed by atoms with Crippen molar-refractivity contribution in [1.82, 2.24) is 4.90 Å². The van der Waals surface area contributed by atoms with Crippen LogP contribution in [0.5, 0.6) is 0 Å². The molecule has 1 aromatic carbocycles. The molecule has 0 N–H and O–H groups in total. The van der Waals surface area contributed by atoms with Gasteiger partial charge in [0.2, 0.25) is 0 Å². The summed E-state index contributed by atoms with van der Waals surface area (Å²) in [5.41, 5.74) is 2.46. The summed E-state index contributed by atoms with van der Waals surface area (Å²) in [6.07, 6.45) is 5.27. The van der Waals surface area contributed by atoms with Gasteiger partial charge < -0.3 is 4.90 Å². The summed E-state index contributed by atoms with van der Waals surface area (Å²) in [6.45, 7) is 4.47. The fourth-order valence-electron chi connectivity index (χ4n) is 3.06. The molecule has 1 aliphatic heterocycles. The average Bonchev–Trinajstić information content (AvgIpc) is 2.48. The SMILES string of the molecule is CCC1CCCCN1CC(Cl)c1ccc(N(C)C)cc1. The van der Waals surface area contributed by atoms with E-state index in [2.05, 4.69) is 55.1 Å². The van der Waals surface area contributed by atoms with Crippen molar-refractivity contribution in [2.24, 2.45) is 0 Å². The van der Waals surface area contributed by atoms with Crippen molar-refractivity contribution in [1.29, 1.82) is 0 Å². The van der Waals surface area contributed by atoms with Crippen LogP contribution in [-0.2, 0) is 0 Å². The third-order valence-corrected chi connectivity index (χ3v) is 4.78. The van der Waals surface area contributed by atoms with Crippen LogP contribution in [0.4, 0.5) is 5.69 Å². The summed E-state index contributed by atoms with van der Waals surface area (Å²) < 4.78 is 0. The quantitative estimate of drug-likeness (QED) is 0.747. The molecule has 0 amide bonds. The van der Waals surface area contributed by atoms with Crippen LogP contribution in [-0.4, -0.2) is 38.1 Å². The second-order valence-electron chi connectivity index (χ2n) is 6.01. The smallest absolute Gasteiger partial charge is 0.0712 e. The molecule has 1 heterocycles. The summed E-state index contributed by atoms with van der Waals surface area (Å²) in [5, 5.41) is 0.0957. The van der Waals surface area contributed by atoms with E-state index in [1.807, 2.05) is 0 Å². The zero-order chi connectivity index (χ0) is 14.5. The maximum Gasteiger partial charge on any atom is 0.0712 e. The number of likely N-dealkylation sites (tertiary alicyclic amines) is 1. The normalized spacial score (nSPS) is 21.7. The van der Waals surface area contributed by atoms with Crippen LogP contribution >= 0.6 is 11.6 Å². The first kappa shape index (κ1) is 15.7. The van der Waals surface area contributed by atoms with E-state index in [9.17, 15) is 0 Å². The Labute approximate surface area is 128 Å². The van der Waals surface area contributed by atoms with Crippen LogP contribution in [0.1, 0.15) is 43.5 Å². The average molecular weight is 295 g/mol. The monoisotopic (exact) mass is 294 g/mol. The van der Waals surface area contributed by atoms with Gasteiger partial charge in [-0.3, -0.25) is 4.90 Å². The highest BCUT2D eigenvalue weighted by molar-refractivity contribution is 6.21. The summed E-state index contributed by atoms with van der Waals surface area (Å²) in [6, 6.07) is 9.36. The molecule has 2 nitrogen and oxygen atoms in total. The van der Waals surface area contributed by atoms with Crippen LogP contribution in [0.15, 0.2) is 24.3 Å². The molecule has 112 valence electrons. The highest BCUT2D eigenvalue weighted by Gasteiger charge is 2.23. The molecule has 2 atom stereocenters. The molecular weight excluding hydrogens is 268 g/mol. The number of hydrogen-bond donors (Lipinski definition) is 0. The van der Waals surface area contributed by atoms with Gasteiger partial charge in [0, 0.05) is 32.4 Å². The zero-order valence-electron chi connectivity index (χ0n) is 13.0. The molecule has 0 radical (unpaired) electrons. The van der Waals surface area contributed by atoms with Crippen molar-refractivity contribution in [2.75, 3.05) is 32.1 Å². The van der Waals surface area contributed by atoms with Crippen molar-refractivity contribution in [3.05, 3.63) is 29.8 Å². The predicted octanol–water partition coefficient (Wildman–Crippen LogP) is 4.30. The Morgan fingerprint density at radius 1 is 1.25 bits per heavy atom. The minimum atomic E-state index is 0.0957. The molecule has 0 bridgehead atoms. The molecule has 2 rings (SSSR count). The molecule has 1 aromatic rings. The third-order valence-electron chi connectivity index (χ3n) is 4.39. The minimum Gasteiger partial charge on any atom is -0.378 e. The van der Waals surface area contributed by atoms with Gasteiger partial charge in [-0.05, 0) is 43.5 Å². The van der Waals surface area contributed by atoms with E-state index >= 15 is 0 Å². The molecule has 0 aliphatic carbocycles. The first-order valence-electron chi connectivity index (χ1n) is 7.77. The van der Waals surface area contributed by atoms with E-state index in [0.717, 1.165) is 12.6 Å². The zero-order valence-corrected chi connectivity index (χ0v) is 13.7. The summed E-state index contributed by atoms with van der Waals surface area (Å²) in [5.74, 6) is 0. The molecule has 0 saturated carbocycles. The van der Waals surface area contributed by atoms with Crippen LogP contribution < -0.4 is 4.90 Å². The lowest BCUT2D eigenvalue weighted by Gasteiger charge is -2.36. The second kappa shape index (κ2) is 7.33. The van der Waals surface area contributed by atoms with Gasteiger partial charge in [-0.1, -0.05) is 25.5 Å². The van der Waals surface area contributed by atoms with Gasteiger partial charge in [-0.25, -0.2) is 0 Å². The van der Waals surface area contributed by atoms with E-state index in [4.69, 9.17) is 11.6 Å². The molecule has 0 spiro atoms. The number of piperidine rings is 1. The van der Waals surface area contributed by atoms with Crippen molar-refractivity contribution in [3.8, 4) is 0 Å². The molecule has 0 aromatic heterocycles.